The van der Waals surface area contributed by atoms with Crippen LogP contribution in [0.15, 0.2) is 24.3 Å². The molecule has 8 nitrogen and oxygen atoms in total. The van der Waals surface area contributed by atoms with E-state index in [-0.39, 0.29) is 18.4 Å². The fraction of sp³-hybridized carbons (Fsp3) is 0.654. The second-order valence-electron chi connectivity index (χ2n) is 10.2. The molecular formula is C26H41N3O5. The first-order chi connectivity index (χ1) is 16.1. The largest absolute Gasteiger partial charge is 0.367 e. The van der Waals surface area contributed by atoms with Crippen LogP contribution in [0.3, 0.4) is 0 Å². The van der Waals surface area contributed by atoms with Gasteiger partial charge in [0.15, 0.2) is 0 Å². The van der Waals surface area contributed by atoms with Crippen LogP contribution in [-0.4, -0.2) is 48.7 Å². The van der Waals surface area contributed by atoms with Gasteiger partial charge in [-0.2, -0.15) is 0 Å². The van der Waals surface area contributed by atoms with Crippen LogP contribution in [0, 0.1) is 17.3 Å². The quantitative estimate of drug-likeness (QED) is 0.236. The minimum absolute atomic E-state index is 0.190. The van der Waals surface area contributed by atoms with Crippen molar-refractivity contribution in [3.8, 4) is 0 Å². The van der Waals surface area contributed by atoms with Gasteiger partial charge in [-0.05, 0) is 61.0 Å². The van der Waals surface area contributed by atoms with E-state index >= 15 is 0 Å². The Morgan fingerprint density at radius 3 is 2.12 bits per heavy atom. The van der Waals surface area contributed by atoms with Crippen LogP contribution in [-0.2, 0) is 32.0 Å². The molecule has 0 saturated heterocycles. The fourth-order valence-corrected chi connectivity index (χ4v) is 4.62. The van der Waals surface area contributed by atoms with Crippen LogP contribution in [0.25, 0.3) is 0 Å². The van der Waals surface area contributed by atoms with Crippen molar-refractivity contribution in [1.82, 2.24) is 16.1 Å². The SMILES string of the molecule is CCCO[C@H](C(=O)NO)[C@@H](CC1CCc2ccccc2CC1)C(=O)N[C@H](C(=O)NC)C(C)(C)C. The van der Waals surface area contributed by atoms with Gasteiger partial charge in [-0.25, -0.2) is 5.48 Å². The number of hydrogen-bond donors (Lipinski definition) is 4. The summed E-state index contributed by atoms with van der Waals surface area (Å²) in [4.78, 5) is 38.7. The zero-order valence-corrected chi connectivity index (χ0v) is 21.1. The van der Waals surface area contributed by atoms with Gasteiger partial charge < -0.3 is 15.4 Å². The van der Waals surface area contributed by atoms with E-state index in [1.807, 2.05) is 39.8 Å². The average Bonchev–Trinajstić information content (AvgIpc) is 3.02. The number of carbonyl (C=O) groups excluding carboxylic acids is 3. The van der Waals surface area contributed by atoms with Gasteiger partial charge in [-0.1, -0.05) is 52.0 Å². The first-order valence-electron chi connectivity index (χ1n) is 12.3. The van der Waals surface area contributed by atoms with E-state index in [4.69, 9.17) is 4.74 Å². The number of amides is 3. The normalized spacial score (nSPS) is 17.0. The van der Waals surface area contributed by atoms with Crippen molar-refractivity contribution in [1.29, 1.82) is 0 Å². The molecule has 190 valence electrons. The van der Waals surface area contributed by atoms with Gasteiger partial charge in [0.05, 0.1) is 5.92 Å². The molecule has 0 aromatic heterocycles. The van der Waals surface area contributed by atoms with Gasteiger partial charge in [0.25, 0.3) is 5.91 Å². The number of likely N-dealkylation sites (N-methyl/N-ethyl adjacent to an activating group) is 1. The standard InChI is InChI=1S/C26H41N3O5/c1-6-15-34-21(24(31)29-33)20(23(30)28-22(25(32)27-5)26(2,3)4)16-17-11-13-18-9-7-8-10-19(18)14-12-17/h7-10,17,20-22,33H,6,11-16H2,1-5H3,(H,27,32)(H,28,30)(H,29,31)/t20-,21+,22-/m1/s1. The van der Waals surface area contributed by atoms with Crippen LogP contribution >= 0.6 is 0 Å². The maximum atomic E-state index is 13.6. The van der Waals surface area contributed by atoms with E-state index < -0.39 is 35.3 Å². The Bertz CT molecular complexity index is 809. The highest BCUT2D eigenvalue weighted by Crippen LogP contribution is 2.31. The number of hydroxylamine groups is 1. The van der Waals surface area contributed by atoms with Crippen molar-refractivity contribution in [2.24, 2.45) is 17.3 Å². The topological polar surface area (TPSA) is 117 Å². The second-order valence-corrected chi connectivity index (χ2v) is 10.2. The smallest absolute Gasteiger partial charge is 0.273 e. The van der Waals surface area contributed by atoms with Gasteiger partial charge in [-0.3, -0.25) is 19.6 Å². The summed E-state index contributed by atoms with van der Waals surface area (Å²) in [6.45, 7) is 7.80. The maximum absolute atomic E-state index is 13.6. The van der Waals surface area contributed by atoms with Crippen LogP contribution < -0.4 is 16.1 Å². The third-order valence-electron chi connectivity index (χ3n) is 6.58. The maximum Gasteiger partial charge on any atom is 0.273 e. The van der Waals surface area contributed by atoms with Crippen molar-refractivity contribution in [3.63, 3.8) is 0 Å². The summed E-state index contributed by atoms with van der Waals surface area (Å²) in [5.41, 5.74) is 3.78. The molecule has 3 atom stereocenters. The van der Waals surface area contributed by atoms with Crippen LogP contribution in [0.1, 0.15) is 64.5 Å². The summed E-state index contributed by atoms with van der Waals surface area (Å²) in [6.07, 6.45) is 3.52. The number of carbonyl (C=O) groups is 3. The number of ether oxygens (including phenoxy) is 1. The van der Waals surface area contributed by atoms with E-state index in [9.17, 15) is 19.6 Å². The second kappa shape index (κ2) is 12.9. The lowest BCUT2D eigenvalue weighted by atomic mass is 9.82. The lowest BCUT2D eigenvalue weighted by Crippen LogP contribution is -2.56. The zero-order chi connectivity index (χ0) is 25.3. The Morgan fingerprint density at radius 2 is 1.65 bits per heavy atom. The number of rotatable bonds is 10. The molecule has 0 heterocycles. The molecule has 8 heteroatoms. The molecule has 1 aromatic rings. The molecule has 1 aliphatic rings. The molecule has 34 heavy (non-hydrogen) atoms. The van der Waals surface area contributed by atoms with Crippen LogP contribution in [0.4, 0.5) is 0 Å². The molecular weight excluding hydrogens is 434 g/mol. The van der Waals surface area contributed by atoms with E-state index in [0.717, 1.165) is 25.7 Å². The lowest BCUT2D eigenvalue weighted by molar-refractivity contribution is -0.152. The van der Waals surface area contributed by atoms with E-state index in [1.54, 1.807) is 5.48 Å². The summed E-state index contributed by atoms with van der Waals surface area (Å²) in [5, 5.41) is 14.8. The average molecular weight is 476 g/mol. The Morgan fingerprint density at radius 1 is 1.06 bits per heavy atom. The van der Waals surface area contributed by atoms with Crippen molar-refractivity contribution < 1.29 is 24.3 Å². The lowest BCUT2D eigenvalue weighted by Gasteiger charge is -2.33. The summed E-state index contributed by atoms with van der Waals surface area (Å²) >= 11 is 0. The Kier molecular flexibility index (Phi) is 10.5. The predicted octanol–water partition coefficient (Wildman–Crippen LogP) is 2.77. The number of hydrogen-bond acceptors (Lipinski definition) is 5. The number of aryl methyl sites for hydroxylation is 2. The molecule has 2 rings (SSSR count). The number of benzene rings is 1. The Hall–Kier alpha value is -2.45. The monoisotopic (exact) mass is 475 g/mol. The molecule has 0 fully saturated rings. The third-order valence-corrected chi connectivity index (χ3v) is 6.58. The first-order valence-corrected chi connectivity index (χ1v) is 12.3. The summed E-state index contributed by atoms with van der Waals surface area (Å²) < 4.78 is 5.78. The molecule has 0 unspecified atom stereocenters. The minimum atomic E-state index is -1.15. The zero-order valence-electron chi connectivity index (χ0n) is 21.1. The van der Waals surface area contributed by atoms with Gasteiger partial charge in [0, 0.05) is 13.7 Å². The molecule has 0 saturated carbocycles. The summed E-state index contributed by atoms with van der Waals surface area (Å²) in [5.74, 6) is -2.13. The Balaban J connectivity index is 2.30. The molecule has 0 aliphatic heterocycles. The molecule has 0 bridgehead atoms. The highest BCUT2D eigenvalue weighted by molar-refractivity contribution is 5.92. The highest BCUT2D eigenvalue weighted by atomic mass is 16.5. The van der Waals surface area contributed by atoms with Crippen LogP contribution in [0.5, 0.6) is 0 Å². The minimum Gasteiger partial charge on any atom is -0.367 e. The Labute approximate surface area is 203 Å². The van der Waals surface area contributed by atoms with Gasteiger partial charge in [0.2, 0.25) is 11.8 Å². The predicted molar refractivity (Wildman–Crippen MR) is 130 cm³/mol. The molecule has 4 N–H and O–H groups in total. The summed E-state index contributed by atoms with van der Waals surface area (Å²) in [6, 6.07) is 7.59. The van der Waals surface area contributed by atoms with Gasteiger partial charge in [-0.15, -0.1) is 0 Å². The highest BCUT2D eigenvalue weighted by Gasteiger charge is 2.40. The molecule has 0 spiro atoms. The number of fused-ring (bicyclic) bond motifs is 1. The molecule has 1 aliphatic carbocycles. The fourth-order valence-electron chi connectivity index (χ4n) is 4.62. The molecule has 3 amide bonds. The van der Waals surface area contributed by atoms with Crippen LogP contribution in [0.2, 0.25) is 0 Å². The van der Waals surface area contributed by atoms with E-state index in [2.05, 4.69) is 22.8 Å². The molecule has 1 aromatic carbocycles. The third kappa shape index (κ3) is 7.53. The van der Waals surface area contributed by atoms with Crippen molar-refractivity contribution in [3.05, 3.63) is 35.4 Å². The summed E-state index contributed by atoms with van der Waals surface area (Å²) in [7, 11) is 1.53. The van der Waals surface area contributed by atoms with Crippen molar-refractivity contribution in [2.75, 3.05) is 13.7 Å². The van der Waals surface area contributed by atoms with E-state index in [1.165, 1.54) is 18.2 Å². The van der Waals surface area contributed by atoms with Gasteiger partial charge in [0.1, 0.15) is 12.1 Å². The first kappa shape index (κ1) is 27.8. The van der Waals surface area contributed by atoms with E-state index in [0.29, 0.717) is 12.8 Å². The van der Waals surface area contributed by atoms with Gasteiger partial charge >= 0.3 is 0 Å². The number of nitrogens with one attached hydrogen (secondary N) is 3. The van der Waals surface area contributed by atoms with Crippen molar-refractivity contribution >= 4 is 17.7 Å². The molecule has 0 radical (unpaired) electrons. The van der Waals surface area contributed by atoms with Crippen molar-refractivity contribution in [2.45, 2.75) is 78.4 Å².